The molecule has 2 aromatic heterocycles. The minimum atomic E-state index is -0.359. The van der Waals surface area contributed by atoms with Gasteiger partial charge in [0.15, 0.2) is 5.65 Å². The average molecular weight is 372 g/mol. The van der Waals surface area contributed by atoms with E-state index in [4.69, 9.17) is 0 Å². The zero-order valence-electron chi connectivity index (χ0n) is 15.8. The molecule has 0 fully saturated rings. The van der Waals surface area contributed by atoms with Gasteiger partial charge < -0.3 is 4.98 Å². The van der Waals surface area contributed by atoms with Gasteiger partial charge in [0.2, 0.25) is 0 Å². The largest absolute Gasteiger partial charge is 0.339 e. The van der Waals surface area contributed by atoms with Crippen LogP contribution in [0.5, 0.6) is 0 Å². The van der Waals surface area contributed by atoms with E-state index < -0.39 is 0 Å². The first kappa shape index (κ1) is 16.7. The van der Waals surface area contributed by atoms with Crippen molar-refractivity contribution < 1.29 is 0 Å². The molecule has 2 heterocycles. The van der Waals surface area contributed by atoms with Crippen molar-refractivity contribution in [3.8, 4) is 16.8 Å². The van der Waals surface area contributed by atoms with Crippen LogP contribution in [0.1, 0.15) is 25.0 Å². The Hall–Kier alpha value is -3.41. The number of hydrogen-bond acceptors (Lipinski definition) is 3. The fourth-order valence-electron chi connectivity index (χ4n) is 4.15. The van der Waals surface area contributed by atoms with Gasteiger partial charge >= 0.3 is 5.69 Å². The third kappa shape index (κ3) is 2.30. The number of aromatic amines is 1. The Labute approximate surface area is 161 Å². The summed E-state index contributed by atoms with van der Waals surface area (Å²) in [7, 11) is 0. The van der Waals surface area contributed by atoms with Crippen molar-refractivity contribution in [2.75, 3.05) is 0 Å². The van der Waals surface area contributed by atoms with E-state index in [2.05, 4.69) is 28.2 Å². The molecule has 0 amide bonds. The third-order valence-electron chi connectivity index (χ3n) is 5.33. The Balaban J connectivity index is 1.83. The summed E-state index contributed by atoms with van der Waals surface area (Å²) in [6.07, 6.45) is 2.18. The van der Waals surface area contributed by atoms with Crippen LogP contribution in [0.4, 0.5) is 0 Å². The van der Waals surface area contributed by atoms with Gasteiger partial charge in [0.05, 0.1) is 12.0 Å². The first-order valence-corrected chi connectivity index (χ1v) is 9.45. The highest BCUT2D eigenvalue weighted by Crippen LogP contribution is 2.38. The lowest BCUT2D eigenvalue weighted by molar-refractivity contribution is 0.506. The van der Waals surface area contributed by atoms with Crippen LogP contribution in [0, 0.1) is 5.92 Å². The van der Waals surface area contributed by atoms with Crippen molar-refractivity contribution in [2.24, 2.45) is 5.92 Å². The Bertz CT molecular complexity index is 1340. The minimum absolute atomic E-state index is 0.245. The van der Waals surface area contributed by atoms with Crippen molar-refractivity contribution in [3.05, 3.63) is 80.8 Å². The highest BCUT2D eigenvalue weighted by Gasteiger charge is 2.24. The van der Waals surface area contributed by atoms with Gasteiger partial charge in [-0.1, -0.05) is 50.2 Å². The monoisotopic (exact) mass is 372 g/mol. The lowest BCUT2D eigenvalue weighted by atomic mass is 10.0. The Morgan fingerprint density at radius 3 is 2.68 bits per heavy atom. The summed E-state index contributed by atoms with van der Waals surface area (Å²) in [5, 5.41) is 0. The fourth-order valence-corrected chi connectivity index (χ4v) is 4.15. The molecule has 2 aromatic carbocycles. The molecule has 1 aliphatic rings. The van der Waals surface area contributed by atoms with E-state index in [0.29, 0.717) is 29.8 Å². The molecule has 5 rings (SSSR count). The number of fused-ring (bicyclic) bond motifs is 4. The molecule has 0 saturated heterocycles. The molecule has 28 heavy (non-hydrogen) atoms. The second-order valence-corrected chi connectivity index (χ2v) is 7.67. The van der Waals surface area contributed by atoms with Gasteiger partial charge in [0.25, 0.3) is 5.56 Å². The molecule has 0 aliphatic heterocycles. The fraction of sp³-hybridized carbons (Fsp3) is 0.227. The van der Waals surface area contributed by atoms with Crippen LogP contribution in [-0.2, 0) is 13.0 Å². The topological polar surface area (TPSA) is 72.7 Å². The number of nitrogens with one attached hydrogen (secondary N) is 1. The van der Waals surface area contributed by atoms with Gasteiger partial charge in [-0.05, 0) is 34.2 Å². The van der Waals surface area contributed by atoms with E-state index in [1.165, 1.54) is 16.5 Å². The van der Waals surface area contributed by atoms with Crippen LogP contribution in [0.15, 0.2) is 58.4 Å². The zero-order valence-corrected chi connectivity index (χ0v) is 15.8. The standard InChI is InChI=1S/C22H20N4O2/c1-13(2)11-25-20-19(23-12-24-20)21(27)26(22(25)28)18-9-5-8-16-15-7-4-3-6-14(15)10-17(16)18/h3-9,12-13H,10-11H2,1-2H3,(H,23,24). The highest BCUT2D eigenvalue weighted by molar-refractivity contribution is 5.80. The molecule has 140 valence electrons. The first-order chi connectivity index (χ1) is 13.6. The van der Waals surface area contributed by atoms with Gasteiger partial charge in [0.1, 0.15) is 5.52 Å². The molecule has 0 unspecified atom stereocenters. The SMILES string of the molecule is CC(C)Cn1c(=O)n(-c2cccc3c2Cc2ccccc2-3)c(=O)c2[nH]cnc21. The molecule has 0 radical (unpaired) electrons. The number of aromatic nitrogens is 4. The molecule has 0 spiro atoms. The normalized spacial score (nSPS) is 12.5. The summed E-state index contributed by atoms with van der Waals surface area (Å²) in [5.41, 5.74) is 5.18. The highest BCUT2D eigenvalue weighted by atomic mass is 16.2. The van der Waals surface area contributed by atoms with E-state index in [9.17, 15) is 9.59 Å². The molecule has 0 atom stereocenters. The van der Waals surface area contributed by atoms with Crippen molar-refractivity contribution in [3.63, 3.8) is 0 Å². The molecule has 6 heteroatoms. The van der Waals surface area contributed by atoms with Crippen LogP contribution in [0.25, 0.3) is 28.0 Å². The molecular formula is C22H20N4O2. The molecule has 1 aliphatic carbocycles. The van der Waals surface area contributed by atoms with E-state index in [0.717, 1.165) is 16.7 Å². The summed E-state index contributed by atoms with van der Waals surface area (Å²) in [4.78, 5) is 33.7. The maximum Gasteiger partial charge on any atom is 0.337 e. The molecule has 4 aromatic rings. The quantitative estimate of drug-likeness (QED) is 0.529. The average Bonchev–Trinajstić information content (AvgIpc) is 3.30. The van der Waals surface area contributed by atoms with Gasteiger partial charge in [-0.3, -0.25) is 9.36 Å². The van der Waals surface area contributed by atoms with E-state index in [1.807, 2.05) is 38.1 Å². The third-order valence-corrected chi connectivity index (χ3v) is 5.33. The number of H-pyrrole nitrogens is 1. The van der Waals surface area contributed by atoms with Gasteiger partial charge in [0, 0.05) is 13.0 Å². The first-order valence-electron chi connectivity index (χ1n) is 9.45. The van der Waals surface area contributed by atoms with Gasteiger partial charge in [-0.2, -0.15) is 0 Å². The Morgan fingerprint density at radius 2 is 1.86 bits per heavy atom. The predicted molar refractivity (Wildman–Crippen MR) is 109 cm³/mol. The second kappa shape index (κ2) is 6.05. The van der Waals surface area contributed by atoms with Crippen LogP contribution >= 0.6 is 0 Å². The Morgan fingerprint density at radius 1 is 1.07 bits per heavy atom. The summed E-state index contributed by atoms with van der Waals surface area (Å²) in [6.45, 7) is 4.57. The molecule has 0 bridgehead atoms. The maximum absolute atomic E-state index is 13.4. The van der Waals surface area contributed by atoms with Crippen molar-refractivity contribution in [2.45, 2.75) is 26.8 Å². The van der Waals surface area contributed by atoms with Crippen molar-refractivity contribution in [1.82, 2.24) is 19.1 Å². The molecule has 0 saturated carbocycles. The summed E-state index contributed by atoms with van der Waals surface area (Å²) in [5.74, 6) is 0.245. The molecule has 6 nitrogen and oxygen atoms in total. The summed E-state index contributed by atoms with van der Waals surface area (Å²) < 4.78 is 2.90. The van der Waals surface area contributed by atoms with Crippen LogP contribution in [-0.4, -0.2) is 19.1 Å². The Kier molecular flexibility index (Phi) is 3.62. The molecular weight excluding hydrogens is 352 g/mol. The number of hydrogen-bond donors (Lipinski definition) is 1. The van der Waals surface area contributed by atoms with Gasteiger partial charge in [-0.25, -0.2) is 14.3 Å². The zero-order chi connectivity index (χ0) is 19.4. The van der Waals surface area contributed by atoms with Crippen molar-refractivity contribution >= 4 is 11.2 Å². The number of nitrogens with zero attached hydrogens (tertiary/aromatic N) is 3. The van der Waals surface area contributed by atoms with Gasteiger partial charge in [-0.15, -0.1) is 0 Å². The predicted octanol–water partition coefficient (Wildman–Crippen LogP) is 3.10. The van der Waals surface area contributed by atoms with Crippen LogP contribution < -0.4 is 11.2 Å². The smallest absolute Gasteiger partial charge is 0.337 e. The summed E-state index contributed by atoms with van der Waals surface area (Å²) >= 11 is 0. The lowest BCUT2D eigenvalue weighted by Gasteiger charge is -2.15. The van der Waals surface area contributed by atoms with E-state index in [-0.39, 0.29) is 17.2 Å². The van der Waals surface area contributed by atoms with E-state index in [1.54, 1.807) is 4.57 Å². The minimum Gasteiger partial charge on any atom is -0.339 e. The van der Waals surface area contributed by atoms with Crippen LogP contribution in [0.3, 0.4) is 0 Å². The number of rotatable bonds is 3. The number of imidazole rings is 1. The summed E-state index contributed by atoms with van der Waals surface area (Å²) in [6, 6.07) is 14.0. The number of benzene rings is 2. The molecule has 1 N–H and O–H groups in total. The lowest BCUT2D eigenvalue weighted by Crippen LogP contribution is -2.40. The van der Waals surface area contributed by atoms with Crippen molar-refractivity contribution in [1.29, 1.82) is 0 Å². The van der Waals surface area contributed by atoms with E-state index >= 15 is 0 Å². The van der Waals surface area contributed by atoms with Crippen LogP contribution in [0.2, 0.25) is 0 Å². The second-order valence-electron chi connectivity index (χ2n) is 7.67. The maximum atomic E-state index is 13.4.